The third-order valence-corrected chi connectivity index (χ3v) is 6.07. The summed E-state index contributed by atoms with van der Waals surface area (Å²) in [6.45, 7) is 5.77. The maximum atomic E-state index is 13.9. The molecule has 3 aromatic carbocycles. The summed E-state index contributed by atoms with van der Waals surface area (Å²) >= 11 is 0. The van der Waals surface area contributed by atoms with Gasteiger partial charge < -0.3 is 10.4 Å². The van der Waals surface area contributed by atoms with Crippen molar-refractivity contribution in [2.75, 3.05) is 4.90 Å². The van der Waals surface area contributed by atoms with E-state index in [1.807, 2.05) is 63.2 Å². The normalized spacial score (nSPS) is 12.3. The van der Waals surface area contributed by atoms with Gasteiger partial charge in [0.1, 0.15) is 23.9 Å². The fraction of sp³-hybridized carbons (Fsp3) is 0.259. The molecule has 0 aliphatic heterocycles. The van der Waals surface area contributed by atoms with Crippen LogP contribution in [0.4, 0.5) is 5.69 Å². The van der Waals surface area contributed by atoms with Crippen molar-refractivity contribution in [1.29, 1.82) is 0 Å². The van der Waals surface area contributed by atoms with E-state index in [0.29, 0.717) is 23.2 Å². The minimum atomic E-state index is -0.967. The number of carbonyl (C=O) groups excluding carboxylic acids is 2. The lowest BCUT2D eigenvalue weighted by molar-refractivity contribution is -0.128. The molecule has 8 heteroatoms. The van der Waals surface area contributed by atoms with Crippen molar-refractivity contribution < 1.29 is 14.7 Å². The summed E-state index contributed by atoms with van der Waals surface area (Å²) in [6, 6.07) is 21.9. The first-order chi connectivity index (χ1) is 16.8. The molecule has 0 saturated carbocycles. The second-order valence-electron chi connectivity index (χ2n) is 9.06. The Morgan fingerprint density at radius 3 is 2.34 bits per heavy atom. The molecule has 8 nitrogen and oxygen atoms in total. The highest BCUT2D eigenvalue weighted by atomic mass is 16.3. The molecule has 1 atom stereocenters. The van der Waals surface area contributed by atoms with Crippen LogP contribution in [-0.4, -0.2) is 37.5 Å². The Balaban J connectivity index is 1.79. The smallest absolute Gasteiger partial charge is 0.249 e. The van der Waals surface area contributed by atoms with Gasteiger partial charge in [-0.05, 0) is 62.2 Å². The maximum Gasteiger partial charge on any atom is 0.249 e. The van der Waals surface area contributed by atoms with E-state index in [4.69, 9.17) is 0 Å². The molecule has 0 saturated heterocycles. The molecule has 4 rings (SSSR count). The second kappa shape index (κ2) is 9.97. The quantitative estimate of drug-likeness (QED) is 0.401. The fourth-order valence-corrected chi connectivity index (χ4v) is 3.83. The Kier molecular flexibility index (Phi) is 6.82. The third kappa shape index (κ3) is 5.32. The zero-order valence-corrected chi connectivity index (χ0v) is 20.0. The number of aromatic hydroxyl groups is 1. The Labute approximate surface area is 204 Å². The number of nitrogens with one attached hydrogen (secondary N) is 1. The highest BCUT2D eigenvalue weighted by molar-refractivity contribution is 6.01. The number of fused-ring (bicyclic) bond motifs is 1. The van der Waals surface area contributed by atoms with Crippen molar-refractivity contribution in [2.24, 2.45) is 0 Å². The van der Waals surface area contributed by atoms with Gasteiger partial charge in [-0.2, -0.15) is 0 Å². The molecule has 4 aromatic rings. The standard InChI is InChI=1S/C27H29N5O3/c1-4-27(2,3)28-26(35)25(19-14-16-21(33)17-15-19)32(20-10-6-5-7-11-20)24(34)18-31-23-13-9-8-12-22(23)29-30-31/h5-17,25,33H,4,18H2,1-3H3,(H,28,35)/t25-/m1/s1. The lowest BCUT2D eigenvalue weighted by Crippen LogP contribution is -2.51. The van der Waals surface area contributed by atoms with Gasteiger partial charge in [-0.25, -0.2) is 4.68 Å². The van der Waals surface area contributed by atoms with Gasteiger partial charge in [-0.15, -0.1) is 5.10 Å². The van der Waals surface area contributed by atoms with Crippen LogP contribution in [0.25, 0.3) is 11.0 Å². The van der Waals surface area contributed by atoms with Crippen LogP contribution >= 0.6 is 0 Å². The zero-order valence-electron chi connectivity index (χ0n) is 20.0. The van der Waals surface area contributed by atoms with Crippen LogP contribution < -0.4 is 10.2 Å². The molecule has 0 bridgehead atoms. The monoisotopic (exact) mass is 471 g/mol. The summed E-state index contributed by atoms with van der Waals surface area (Å²) in [4.78, 5) is 29.1. The molecule has 2 N–H and O–H groups in total. The average Bonchev–Trinajstić information content (AvgIpc) is 3.26. The molecular formula is C27H29N5O3. The number of hydrogen-bond acceptors (Lipinski definition) is 5. The third-order valence-electron chi connectivity index (χ3n) is 6.07. The fourth-order valence-electron chi connectivity index (χ4n) is 3.83. The summed E-state index contributed by atoms with van der Waals surface area (Å²) < 4.78 is 1.54. The molecule has 0 unspecified atom stereocenters. The zero-order chi connectivity index (χ0) is 25.0. The summed E-state index contributed by atoms with van der Waals surface area (Å²) in [5.74, 6) is -0.564. The number of phenols is 1. The van der Waals surface area contributed by atoms with Crippen LogP contribution in [0.2, 0.25) is 0 Å². The van der Waals surface area contributed by atoms with E-state index in [9.17, 15) is 14.7 Å². The number of rotatable bonds is 8. The lowest BCUT2D eigenvalue weighted by Gasteiger charge is -2.34. The van der Waals surface area contributed by atoms with Crippen LogP contribution in [0, 0.1) is 0 Å². The van der Waals surface area contributed by atoms with Crippen molar-refractivity contribution in [3.63, 3.8) is 0 Å². The van der Waals surface area contributed by atoms with E-state index >= 15 is 0 Å². The number of para-hydroxylation sites is 2. The number of nitrogens with zero attached hydrogens (tertiary/aromatic N) is 4. The van der Waals surface area contributed by atoms with Gasteiger partial charge in [-0.1, -0.05) is 54.6 Å². The van der Waals surface area contributed by atoms with Gasteiger partial charge in [0.25, 0.3) is 0 Å². The van der Waals surface area contributed by atoms with Crippen molar-refractivity contribution in [3.8, 4) is 5.75 Å². The van der Waals surface area contributed by atoms with Crippen molar-refractivity contribution in [3.05, 3.63) is 84.4 Å². The molecule has 1 aromatic heterocycles. The summed E-state index contributed by atoms with van der Waals surface area (Å²) in [5.41, 5.74) is 2.09. The highest BCUT2D eigenvalue weighted by Crippen LogP contribution is 2.30. The molecule has 180 valence electrons. The van der Waals surface area contributed by atoms with Gasteiger partial charge >= 0.3 is 0 Å². The predicted molar refractivity (Wildman–Crippen MR) is 135 cm³/mol. The molecule has 35 heavy (non-hydrogen) atoms. The topological polar surface area (TPSA) is 100 Å². The molecule has 0 aliphatic carbocycles. The Bertz CT molecular complexity index is 1320. The predicted octanol–water partition coefficient (Wildman–Crippen LogP) is 4.22. The van der Waals surface area contributed by atoms with Gasteiger partial charge in [0, 0.05) is 11.2 Å². The second-order valence-corrected chi connectivity index (χ2v) is 9.06. The molecule has 0 aliphatic rings. The number of carbonyl (C=O) groups is 2. The first-order valence-electron chi connectivity index (χ1n) is 11.6. The Morgan fingerprint density at radius 1 is 1.00 bits per heavy atom. The van der Waals surface area contributed by atoms with Crippen molar-refractivity contribution in [2.45, 2.75) is 45.3 Å². The highest BCUT2D eigenvalue weighted by Gasteiger charge is 2.35. The minimum Gasteiger partial charge on any atom is -0.508 e. The average molecular weight is 472 g/mol. The van der Waals surface area contributed by atoms with Gasteiger partial charge in [0.05, 0.1) is 5.52 Å². The maximum absolute atomic E-state index is 13.9. The van der Waals surface area contributed by atoms with Crippen LogP contribution in [0.1, 0.15) is 38.8 Å². The Morgan fingerprint density at radius 2 is 1.66 bits per heavy atom. The van der Waals surface area contributed by atoms with E-state index in [-0.39, 0.29) is 24.1 Å². The van der Waals surface area contributed by atoms with Gasteiger partial charge in [-0.3, -0.25) is 14.5 Å². The van der Waals surface area contributed by atoms with E-state index in [0.717, 1.165) is 5.52 Å². The largest absolute Gasteiger partial charge is 0.508 e. The summed E-state index contributed by atoms with van der Waals surface area (Å²) in [5, 5.41) is 21.2. The lowest BCUT2D eigenvalue weighted by atomic mass is 9.98. The molecule has 0 radical (unpaired) electrons. The van der Waals surface area contributed by atoms with Crippen molar-refractivity contribution in [1.82, 2.24) is 20.3 Å². The summed E-state index contributed by atoms with van der Waals surface area (Å²) in [6.07, 6.45) is 0.714. The van der Waals surface area contributed by atoms with E-state index in [2.05, 4.69) is 15.6 Å². The minimum absolute atomic E-state index is 0.0773. The molecule has 1 heterocycles. The van der Waals surface area contributed by atoms with Crippen LogP contribution in [0.5, 0.6) is 5.75 Å². The number of amides is 2. The molecular weight excluding hydrogens is 442 g/mol. The van der Waals surface area contributed by atoms with Gasteiger partial charge in [0.15, 0.2) is 0 Å². The molecule has 0 fully saturated rings. The molecule has 2 amide bonds. The number of anilines is 1. The first-order valence-corrected chi connectivity index (χ1v) is 11.6. The number of aromatic nitrogens is 3. The van der Waals surface area contributed by atoms with Crippen LogP contribution in [-0.2, 0) is 16.1 Å². The van der Waals surface area contributed by atoms with E-state index < -0.39 is 11.6 Å². The first kappa shape index (κ1) is 23.9. The Hall–Kier alpha value is -4.20. The SMILES string of the molecule is CCC(C)(C)NC(=O)[C@@H](c1ccc(O)cc1)N(C(=O)Cn1nnc2ccccc21)c1ccccc1. The van der Waals surface area contributed by atoms with E-state index in [1.54, 1.807) is 24.3 Å². The van der Waals surface area contributed by atoms with Gasteiger partial charge in [0.2, 0.25) is 11.8 Å². The van der Waals surface area contributed by atoms with Crippen molar-refractivity contribution >= 4 is 28.5 Å². The van der Waals surface area contributed by atoms with Crippen LogP contribution in [0.15, 0.2) is 78.9 Å². The number of phenolic OH excluding ortho intramolecular Hbond substituents is 1. The van der Waals surface area contributed by atoms with Crippen LogP contribution in [0.3, 0.4) is 0 Å². The summed E-state index contributed by atoms with van der Waals surface area (Å²) in [7, 11) is 0. The molecule has 0 spiro atoms. The number of hydrogen-bond donors (Lipinski definition) is 2. The van der Waals surface area contributed by atoms with E-state index in [1.165, 1.54) is 21.7 Å². The number of benzene rings is 3.